The molecule has 0 aromatic heterocycles. The van der Waals surface area contributed by atoms with Crippen molar-refractivity contribution < 1.29 is 33.4 Å². The highest BCUT2D eigenvalue weighted by molar-refractivity contribution is 6.09. The molecule has 1 N–H and O–H groups in total. The van der Waals surface area contributed by atoms with Crippen LogP contribution in [0.1, 0.15) is 44.5 Å². The number of nitrogens with zero attached hydrogens (tertiary/aromatic N) is 1. The minimum absolute atomic E-state index is 0.0412. The minimum atomic E-state index is -1.08. The number of carbonyl (C=O) groups excluding carboxylic acids is 5. The van der Waals surface area contributed by atoms with E-state index in [4.69, 9.17) is 9.47 Å². The SMILES string of the molecule is CC(C)COC(=O)c1ccc(NC(=O)COC(=O)[C@@H](C(C)C)N2C(=O)[C@@H]3[C@H](C2=O)[C@H]2C=C[C@H]3C2)cc1. The normalized spacial score (nSPS) is 24.9. The molecule has 1 aromatic carbocycles. The Kier molecular flexibility index (Phi) is 7.28. The van der Waals surface area contributed by atoms with E-state index < -0.39 is 42.3 Å². The van der Waals surface area contributed by atoms with Gasteiger partial charge in [-0.1, -0.05) is 39.8 Å². The molecule has 2 fully saturated rings. The molecule has 36 heavy (non-hydrogen) atoms. The molecule has 0 unspecified atom stereocenters. The summed E-state index contributed by atoms with van der Waals surface area (Å²) in [6.07, 6.45) is 4.79. The van der Waals surface area contributed by atoms with Crippen molar-refractivity contribution in [3.05, 3.63) is 42.0 Å². The van der Waals surface area contributed by atoms with E-state index in [2.05, 4.69) is 5.32 Å². The van der Waals surface area contributed by atoms with Gasteiger partial charge < -0.3 is 14.8 Å². The molecule has 0 spiro atoms. The van der Waals surface area contributed by atoms with Crippen LogP contribution in [0.25, 0.3) is 0 Å². The van der Waals surface area contributed by atoms with Gasteiger partial charge in [-0.05, 0) is 54.4 Å². The molecule has 5 atom stereocenters. The number of carbonyl (C=O) groups is 5. The van der Waals surface area contributed by atoms with Crippen molar-refractivity contribution >= 4 is 35.3 Å². The number of esters is 2. The summed E-state index contributed by atoms with van der Waals surface area (Å²) in [6, 6.07) is 5.07. The van der Waals surface area contributed by atoms with Crippen LogP contribution in [0, 0.1) is 35.5 Å². The largest absolute Gasteiger partial charge is 0.462 e. The average Bonchev–Trinajstić information content (AvgIpc) is 3.51. The van der Waals surface area contributed by atoms with Crippen molar-refractivity contribution in [1.29, 1.82) is 0 Å². The van der Waals surface area contributed by atoms with Crippen molar-refractivity contribution in [2.75, 3.05) is 18.5 Å². The van der Waals surface area contributed by atoms with Gasteiger partial charge in [0.15, 0.2) is 6.61 Å². The third-order valence-electron chi connectivity index (χ3n) is 6.95. The second-order valence-corrected chi connectivity index (χ2v) is 10.5. The molecule has 1 aromatic rings. The third kappa shape index (κ3) is 4.92. The lowest BCUT2D eigenvalue weighted by Gasteiger charge is -2.28. The molecule has 1 saturated heterocycles. The number of likely N-dealkylation sites (tertiary alicyclic amines) is 1. The van der Waals surface area contributed by atoms with E-state index in [0.29, 0.717) is 17.9 Å². The average molecular weight is 497 g/mol. The minimum Gasteiger partial charge on any atom is -0.462 e. The number of hydrogen-bond donors (Lipinski definition) is 1. The predicted octanol–water partition coefficient (Wildman–Crippen LogP) is 2.81. The standard InChI is InChI=1S/C27H32N2O7/c1-14(2)12-35-26(33)16-7-9-19(10-8-16)28-20(30)13-36-27(34)23(15(3)4)29-24(31)21-17-5-6-18(11-17)22(21)25(29)32/h5-10,14-15,17-18,21-23H,11-13H2,1-4H3,(H,28,30)/t17-,18-,21-,22+,23+/m0/s1. The first kappa shape index (κ1) is 25.6. The van der Waals surface area contributed by atoms with Gasteiger partial charge in [0.05, 0.1) is 24.0 Å². The number of hydrogen-bond acceptors (Lipinski definition) is 7. The van der Waals surface area contributed by atoms with Crippen LogP contribution in [-0.2, 0) is 28.7 Å². The highest BCUT2D eigenvalue weighted by Gasteiger charge is 2.61. The number of rotatable bonds is 9. The lowest BCUT2D eigenvalue weighted by molar-refractivity contribution is -0.162. The van der Waals surface area contributed by atoms with Gasteiger partial charge in [-0.2, -0.15) is 0 Å². The van der Waals surface area contributed by atoms with Gasteiger partial charge >= 0.3 is 11.9 Å². The van der Waals surface area contributed by atoms with Crippen LogP contribution in [-0.4, -0.2) is 53.8 Å². The Hall–Kier alpha value is -3.49. The lowest BCUT2D eigenvalue weighted by Crippen LogP contribution is -2.50. The molecule has 0 radical (unpaired) electrons. The number of ether oxygens (including phenoxy) is 2. The van der Waals surface area contributed by atoms with Crippen molar-refractivity contribution in [3.8, 4) is 0 Å². The van der Waals surface area contributed by atoms with Crippen LogP contribution in [0.15, 0.2) is 36.4 Å². The number of amides is 3. The number of benzene rings is 1. The maximum Gasteiger partial charge on any atom is 0.338 e. The van der Waals surface area contributed by atoms with Crippen LogP contribution in [0.2, 0.25) is 0 Å². The van der Waals surface area contributed by atoms with Gasteiger partial charge in [0.25, 0.3) is 5.91 Å². The number of allylic oxidation sites excluding steroid dienone is 2. The molecule has 1 aliphatic heterocycles. The summed E-state index contributed by atoms with van der Waals surface area (Å²) in [5.74, 6) is -3.36. The Morgan fingerprint density at radius 3 is 2.06 bits per heavy atom. The van der Waals surface area contributed by atoms with Crippen molar-refractivity contribution in [3.63, 3.8) is 0 Å². The molecule has 3 amide bonds. The topological polar surface area (TPSA) is 119 Å². The first-order chi connectivity index (χ1) is 17.1. The molecule has 1 saturated carbocycles. The third-order valence-corrected chi connectivity index (χ3v) is 6.95. The molecule has 9 heteroatoms. The molecular weight excluding hydrogens is 464 g/mol. The molecule has 9 nitrogen and oxygen atoms in total. The Balaban J connectivity index is 1.32. The van der Waals surface area contributed by atoms with Crippen LogP contribution < -0.4 is 5.32 Å². The predicted molar refractivity (Wildman–Crippen MR) is 129 cm³/mol. The Labute approximate surface area is 210 Å². The number of anilines is 1. The Morgan fingerprint density at radius 1 is 0.944 bits per heavy atom. The quantitative estimate of drug-likeness (QED) is 0.317. The van der Waals surface area contributed by atoms with E-state index in [1.165, 1.54) is 12.1 Å². The highest BCUT2D eigenvalue weighted by atomic mass is 16.5. The van der Waals surface area contributed by atoms with Gasteiger partial charge in [0, 0.05) is 5.69 Å². The van der Waals surface area contributed by atoms with Gasteiger partial charge in [-0.3, -0.25) is 19.3 Å². The van der Waals surface area contributed by atoms with E-state index in [9.17, 15) is 24.0 Å². The highest BCUT2D eigenvalue weighted by Crippen LogP contribution is 2.53. The van der Waals surface area contributed by atoms with E-state index in [1.807, 2.05) is 26.0 Å². The van der Waals surface area contributed by atoms with E-state index >= 15 is 0 Å². The lowest BCUT2D eigenvalue weighted by atomic mass is 9.85. The maximum atomic E-state index is 13.1. The first-order valence-corrected chi connectivity index (χ1v) is 12.4. The van der Waals surface area contributed by atoms with Gasteiger partial charge in [-0.25, -0.2) is 9.59 Å². The van der Waals surface area contributed by atoms with Gasteiger partial charge in [0.2, 0.25) is 11.8 Å². The van der Waals surface area contributed by atoms with Gasteiger partial charge in [-0.15, -0.1) is 0 Å². The fourth-order valence-corrected chi connectivity index (χ4v) is 5.31. The Bertz CT molecular complexity index is 1060. The fraction of sp³-hybridized carbons (Fsp3) is 0.519. The van der Waals surface area contributed by atoms with Crippen LogP contribution in [0.4, 0.5) is 5.69 Å². The van der Waals surface area contributed by atoms with Crippen LogP contribution in [0.3, 0.4) is 0 Å². The summed E-state index contributed by atoms with van der Waals surface area (Å²) >= 11 is 0. The molecule has 2 bridgehead atoms. The molecule has 2 aliphatic carbocycles. The molecular formula is C27H32N2O7. The smallest absolute Gasteiger partial charge is 0.338 e. The number of imide groups is 1. The first-order valence-electron chi connectivity index (χ1n) is 12.4. The summed E-state index contributed by atoms with van der Waals surface area (Å²) < 4.78 is 10.4. The number of nitrogens with one attached hydrogen (secondary N) is 1. The molecule has 4 rings (SSSR count). The van der Waals surface area contributed by atoms with Crippen LogP contribution >= 0.6 is 0 Å². The number of fused-ring (bicyclic) bond motifs is 5. The van der Waals surface area contributed by atoms with Crippen LogP contribution in [0.5, 0.6) is 0 Å². The monoisotopic (exact) mass is 496 g/mol. The summed E-state index contributed by atoms with van der Waals surface area (Å²) in [5, 5.41) is 2.60. The zero-order valence-corrected chi connectivity index (χ0v) is 20.9. The van der Waals surface area contributed by atoms with E-state index in [0.717, 1.165) is 11.3 Å². The van der Waals surface area contributed by atoms with E-state index in [-0.39, 0.29) is 35.5 Å². The second kappa shape index (κ2) is 10.2. The summed E-state index contributed by atoms with van der Waals surface area (Å²) in [4.78, 5) is 64.6. The van der Waals surface area contributed by atoms with Crippen molar-refractivity contribution in [1.82, 2.24) is 4.90 Å². The van der Waals surface area contributed by atoms with Gasteiger partial charge in [0.1, 0.15) is 6.04 Å². The maximum absolute atomic E-state index is 13.1. The summed E-state index contributed by atoms with van der Waals surface area (Å²) in [6.45, 7) is 7.09. The summed E-state index contributed by atoms with van der Waals surface area (Å²) in [7, 11) is 0. The second-order valence-electron chi connectivity index (χ2n) is 10.5. The van der Waals surface area contributed by atoms with Crippen molar-refractivity contribution in [2.24, 2.45) is 35.5 Å². The molecule has 3 aliphatic rings. The fourth-order valence-electron chi connectivity index (χ4n) is 5.31. The van der Waals surface area contributed by atoms with E-state index in [1.54, 1.807) is 26.0 Å². The molecule has 1 heterocycles. The Morgan fingerprint density at radius 2 is 1.53 bits per heavy atom. The van der Waals surface area contributed by atoms with Crippen molar-refractivity contribution in [2.45, 2.75) is 40.2 Å². The zero-order chi connectivity index (χ0) is 26.1. The molecule has 192 valence electrons. The zero-order valence-electron chi connectivity index (χ0n) is 20.9. The summed E-state index contributed by atoms with van der Waals surface area (Å²) in [5.41, 5.74) is 0.769.